The summed E-state index contributed by atoms with van der Waals surface area (Å²) in [5.41, 5.74) is 1.83. The molecule has 0 fully saturated rings. The second-order valence-corrected chi connectivity index (χ2v) is 5.46. The topological polar surface area (TPSA) is 41.5 Å². The summed E-state index contributed by atoms with van der Waals surface area (Å²) in [4.78, 5) is 0. The lowest BCUT2D eigenvalue weighted by molar-refractivity contribution is 0.405. The molecule has 0 aliphatic rings. The van der Waals surface area contributed by atoms with Gasteiger partial charge in [-0.05, 0) is 43.7 Å². The minimum absolute atomic E-state index is 0.0358. The molecule has 3 nitrogen and oxygen atoms in total. The Morgan fingerprint density at radius 1 is 1.05 bits per heavy atom. The number of ether oxygens (including phenoxy) is 1. The lowest BCUT2D eigenvalue weighted by Gasteiger charge is -2.22. The third-order valence-electron chi connectivity index (χ3n) is 3.57. The van der Waals surface area contributed by atoms with Crippen molar-refractivity contribution < 1.29 is 9.84 Å². The van der Waals surface area contributed by atoms with Crippen LogP contribution in [0, 0.1) is 0 Å². The highest BCUT2D eigenvalue weighted by Crippen LogP contribution is 2.31. The van der Waals surface area contributed by atoms with Crippen LogP contribution in [0.4, 0.5) is 0 Å². The van der Waals surface area contributed by atoms with Crippen molar-refractivity contribution in [2.45, 2.75) is 25.9 Å². The third kappa shape index (κ3) is 3.69. The zero-order valence-electron chi connectivity index (χ0n) is 12.4. The van der Waals surface area contributed by atoms with Gasteiger partial charge in [0.05, 0.1) is 7.11 Å². The number of rotatable bonds is 5. The van der Waals surface area contributed by atoms with Crippen LogP contribution >= 0.6 is 11.6 Å². The fourth-order valence-corrected chi connectivity index (χ4v) is 2.69. The molecule has 112 valence electrons. The highest BCUT2D eigenvalue weighted by atomic mass is 35.5. The molecule has 0 spiro atoms. The Hall–Kier alpha value is -1.71. The number of phenolic OH excluding ortho intramolecular Hbond substituents is 1. The van der Waals surface area contributed by atoms with Gasteiger partial charge in [0.2, 0.25) is 0 Å². The van der Waals surface area contributed by atoms with Crippen LogP contribution in [0.15, 0.2) is 42.5 Å². The molecule has 0 bridgehead atoms. The van der Waals surface area contributed by atoms with Crippen molar-refractivity contribution >= 4 is 11.6 Å². The van der Waals surface area contributed by atoms with Gasteiger partial charge in [0.15, 0.2) is 0 Å². The van der Waals surface area contributed by atoms with E-state index in [9.17, 15) is 5.11 Å². The van der Waals surface area contributed by atoms with Crippen LogP contribution in [0.3, 0.4) is 0 Å². The van der Waals surface area contributed by atoms with E-state index in [1.165, 1.54) is 0 Å². The number of aromatic hydroxyl groups is 1. The number of halogens is 1. The molecule has 2 aromatic rings. The average molecular weight is 306 g/mol. The van der Waals surface area contributed by atoms with E-state index >= 15 is 0 Å². The first-order chi connectivity index (χ1) is 10.0. The van der Waals surface area contributed by atoms with Crippen LogP contribution in [0.25, 0.3) is 0 Å². The summed E-state index contributed by atoms with van der Waals surface area (Å²) in [6, 6.07) is 13.0. The molecule has 0 saturated heterocycles. The monoisotopic (exact) mass is 305 g/mol. The number of nitrogens with one attached hydrogen (secondary N) is 1. The van der Waals surface area contributed by atoms with Crippen molar-refractivity contribution in [2.75, 3.05) is 7.11 Å². The molecule has 0 saturated carbocycles. The van der Waals surface area contributed by atoms with Gasteiger partial charge in [-0.25, -0.2) is 0 Å². The average Bonchev–Trinajstić information content (AvgIpc) is 2.48. The number of phenols is 1. The first kappa shape index (κ1) is 15.7. The van der Waals surface area contributed by atoms with Crippen molar-refractivity contribution in [3.8, 4) is 11.5 Å². The highest BCUT2D eigenvalue weighted by molar-refractivity contribution is 6.31. The second-order valence-electron chi connectivity index (χ2n) is 5.06. The first-order valence-electron chi connectivity index (χ1n) is 6.90. The molecule has 0 aromatic heterocycles. The van der Waals surface area contributed by atoms with Crippen LogP contribution in [-0.2, 0) is 0 Å². The molecule has 0 aliphatic carbocycles. The third-order valence-corrected chi connectivity index (χ3v) is 3.92. The molecule has 0 heterocycles. The predicted molar refractivity (Wildman–Crippen MR) is 86.1 cm³/mol. The van der Waals surface area contributed by atoms with Gasteiger partial charge in [-0.15, -0.1) is 0 Å². The quantitative estimate of drug-likeness (QED) is 0.856. The van der Waals surface area contributed by atoms with Gasteiger partial charge in [-0.1, -0.05) is 29.8 Å². The van der Waals surface area contributed by atoms with Gasteiger partial charge in [-0.2, -0.15) is 0 Å². The maximum atomic E-state index is 10.0. The van der Waals surface area contributed by atoms with Gasteiger partial charge in [0, 0.05) is 22.7 Å². The van der Waals surface area contributed by atoms with E-state index in [-0.39, 0.29) is 17.8 Å². The Bertz CT molecular complexity index is 615. The molecule has 1 unspecified atom stereocenters. The van der Waals surface area contributed by atoms with E-state index in [0.29, 0.717) is 0 Å². The number of hydrogen-bond donors (Lipinski definition) is 2. The zero-order chi connectivity index (χ0) is 15.4. The van der Waals surface area contributed by atoms with Crippen LogP contribution in [0.2, 0.25) is 5.02 Å². The molecule has 2 aromatic carbocycles. The molecule has 0 aliphatic heterocycles. The summed E-state index contributed by atoms with van der Waals surface area (Å²) in [5, 5.41) is 14.2. The summed E-state index contributed by atoms with van der Waals surface area (Å²) in [6.07, 6.45) is 0. The fourth-order valence-electron chi connectivity index (χ4n) is 2.39. The van der Waals surface area contributed by atoms with Gasteiger partial charge in [0.1, 0.15) is 11.5 Å². The minimum atomic E-state index is -0.0358. The van der Waals surface area contributed by atoms with E-state index in [4.69, 9.17) is 16.3 Å². The second kappa shape index (κ2) is 6.83. The molecule has 2 rings (SSSR count). The standard InChI is InChI=1S/C17H20ClNO2/c1-11(14-6-4-5-7-16(14)18)19-12(2)15-10-13(21-3)8-9-17(15)20/h4-12,19-20H,1-3H3/t11-,12?/m0/s1. The fraction of sp³-hybridized carbons (Fsp3) is 0.294. The molecule has 0 radical (unpaired) electrons. The summed E-state index contributed by atoms with van der Waals surface area (Å²) < 4.78 is 5.21. The molecular formula is C17H20ClNO2. The molecule has 4 heteroatoms. The molecule has 0 amide bonds. The van der Waals surface area contributed by atoms with Gasteiger partial charge >= 0.3 is 0 Å². The van der Waals surface area contributed by atoms with Crippen LogP contribution < -0.4 is 10.1 Å². The maximum absolute atomic E-state index is 10.0. The normalized spacial score (nSPS) is 13.7. The van der Waals surface area contributed by atoms with Crippen molar-refractivity contribution in [3.63, 3.8) is 0 Å². The molecular weight excluding hydrogens is 286 g/mol. The van der Waals surface area contributed by atoms with Crippen LogP contribution in [0.5, 0.6) is 11.5 Å². The Morgan fingerprint density at radius 3 is 2.38 bits per heavy atom. The van der Waals surface area contributed by atoms with E-state index in [2.05, 4.69) is 12.2 Å². The van der Waals surface area contributed by atoms with Gasteiger partial charge < -0.3 is 15.2 Å². The summed E-state index contributed by atoms with van der Waals surface area (Å²) in [7, 11) is 1.61. The molecule has 2 atom stereocenters. The Balaban J connectivity index is 2.18. The Morgan fingerprint density at radius 2 is 1.71 bits per heavy atom. The molecule has 2 N–H and O–H groups in total. The van der Waals surface area contributed by atoms with Crippen molar-refractivity contribution in [1.29, 1.82) is 0 Å². The number of hydrogen-bond acceptors (Lipinski definition) is 3. The smallest absolute Gasteiger partial charge is 0.120 e. The van der Waals surface area contributed by atoms with E-state index < -0.39 is 0 Å². The maximum Gasteiger partial charge on any atom is 0.120 e. The number of methoxy groups -OCH3 is 1. The zero-order valence-corrected chi connectivity index (χ0v) is 13.2. The van der Waals surface area contributed by atoms with Crippen molar-refractivity contribution in [3.05, 3.63) is 58.6 Å². The summed E-state index contributed by atoms with van der Waals surface area (Å²) in [6.45, 7) is 4.05. The van der Waals surface area contributed by atoms with Gasteiger partial charge in [-0.3, -0.25) is 0 Å². The Labute approximate surface area is 130 Å². The van der Waals surface area contributed by atoms with Crippen molar-refractivity contribution in [1.82, 2.24) is 5.32 Å². The first-order valence-corrected chi connectivity index (χ1v) is 7.28. The lowest BCUT2D eigenvalue weighted by Crippen LogP contribution is -2.22. The predicted octanol–water partition coefficient (Wildman–Crippen LogP) is 4.47. The Kier molecular flexibility index (Phi) is 5.10. The SMILES string of the molecule is COc1ccc(O)c(C(C)N[C@@H](C)c2ccccc2Cl)c1. The van der Waals surface area contributed by atoms with Crippen LogP contribution in [-0.4, -0.2) is 12.2 Å². The number of benzene rings is 2. The van der Waals surface area contributed by atoms with E-state index in [1.54, 1.807) is 19.2 Å². The molecule has 21 heavy (non-hydrogen) atoms. The van der Waals surface area contributed by atoms with Crippen LogP contribution in [0.1, 0.15) is 37.1 Å². The minimum Gasteiger partial charge on any atom is -0.508 e. The summed E-state index contributed by atoms with van der Waals surface area (Å²) in [5.74, 6) is 0.976. The largest absolute Gasteiger partial charge is 0.508 e. The summed E-state index contributed by atoms with van der Waals surface area (Å²) >= 11 is 6.22. The lowest BCUT2D eigenvalue weighted by atomic mass is 10.0. The van der Waals surface area contributed by atoms with Crippen molar-refractivity contribution in [2.24, 2.45) is 0 Å². The van der Waals surface area contributed by atoms with Gasteiger partial charge in [0.25, 0.3) is 0 Å². The van der Waals surface area contributed by atoms with E-state index in [0.717, 1.165) is 21.9 Å². The van der Waals surface area contributed by atoms with E-state index in [1.807, 2.05) is 37.3 Å². The highest BCUT2D eigenvalue weighted by Gasteiger charge is 2.16.